The van der Waals surface area contributed by atoms with Gasteiger partial charge in [0.15, 0.2) is 0 Å². The van der Waals surface area contributed by atoms with Crippen LogP contribution in [0.2, 0.25) is 0 Å². The topological polar surface area (TPSA) is 65.5 Å². The highest BCUT2D eigenvalue weighted by Gasteiger charge is 2.47. The average Bonchev–Trinajstić information content (AvgIpc) is 3.13. The summed E-state index contributed by atoms with van der Waals surface area (Å²) in [5, 5.41) is 3.23. The predicted molar refractivity (Wildman–Crippen MR) is 129 cm³/mol. The van der Waals surface area contributed by atoms with E-state index in [9.17, 15) is 9.59 Å². The standard InChI is InChI=1S/C27H36N4O2/c1-21(2)25(32)29-24(23-6-4-3-5-7-23)10-16-30-17-11-27(12-18-30)13-19-31(26(27)33)20-22-8-14-28-15-9-22/h3-9,14-15,21,24H,10-13,16-20H2,1-2H3,(H,29,32)/t24-/m0/s1. The Kier molecular flexibility index (Phi) is 7.43. The molecule has 1 aromatic carbocycles. The Morgan fingerprint density at radius 1 is 1.03 bits per heavy atom. The van der Waals surface area contributed by atoms with Crippen LogP contribution in [0.1, 0.15) is 56.7 Å². The fourth-order valence-corrected chi connectivity index (χ4v) is 5.08. The van der Waals surface area contributed by atoms with Crippen LogP contribution in [0, 0.1) is 11.3 Å². The Balaban J connectivity index is 1.31. The summed E-state index contributed by atoms with van der Waals surface area (Å²) in [5.41, 5.74) is 2.11. The van der Waals surface area contributed by atoms with E-state index in [-0.39, 0.29) is 23.3 Å². The highest BCUT2D eigenvalue weighted by Crippen LogP contribution is 2.42. The monoisotopic (exact) mass is 448 g/mol. The number of carbonyl (C=O) groups excluding carboxylic acids is 2. The molecule has 0 aliphatic carbocycles. The molecule has 2 saturated heterocycles. The van der Waals surface area contributed by atoms with Crippen molar-refractivity contribution >= 4 is 11.8 Å². The van der Waals surface area contributed by atoms with Crippen molar-refractivity contribution in [2.45, 2.75) is 52.1 Å². The number of hydrogen-bond acceptors (Lipinski definition) is 4. The second kappa shape index (κ2) is 10.5. The van der Waals surface area contributed by atoms with Gasteiger partial charge in [0.1, 0.15) is 0 Å². The molecule has 2 amide bonds. The van der Waals surface area contributed by atoms with E-state index in [0.717, 1.165) is 63.0 Å². The Morgan fingerprint density at radius 2 is 1.70 bits per heavy atom. The summed E-state index contributed by atoms with van der Waals surface area (Å²) < 4.78 is 0. The molecule has 1 N–H and O–H groups in total. The lowest BCUT2D eigenvalue weighted by Crippen LogP contribution is -2.45. The van der Waals surface area contributed by atoms with Crippen molar-refractivity contribution in [2.24, 2.45) is 11.3 Å². The molecule has 0 unspecified atom stereocenters. The number of carbonyl (C=O) groups is 2. The van der Waals surface area contributed by atoms with Crippen molar-refractivity contribution < 1.29 is 9.59 Å². The molecule has 0 radical (unpaired) electrons. The molecule has 176 valence electrons. The van der Waals surface area contributed by atoms with Crippen LogP contribution in [0.15, 0.2) is 54.9 Å². The highest BCUT2D eigenvalue weighted by molar-refractivity contribution is 5.85. The fourth-order valence-electron chi connectivity index (χ4n) is 5.08. The van der Waals surface area contributed by atoms with Crippen LogP contribution in [-0.4, -0.2) is 52.8 Å². The molecule has 2 aliphatic rings. The van der Waals surface area contributed by atoms with E-state index < -0.39 is 0 Å². The van der Waals surface area contributed by atoms with Crippen molar-refractivity contribution in [1.29, 1.82) is 0 Å². The first-order chi connectivity index (χ1) is 16.0. The van der Waals surface area contributed by atoms with E-state index in [2.05, 4.69) is 27.3 Å². The molecule has 6 nitrogen and oxygen atoms in total. The third-order valence-corrected chi connectivity index (χ3v) is 7.31. The zero-order valence-electron chi connectivity index (χ0n) is 19.9. The number of nitrogens with zero attached hydrogens (tertiary/aromatic N) is 3. The maximum atomic E-state index is 13.3. The van der Waals surface area contributed by atoms with E-state index in [4.69, 9.17) is 0 Å². The van der Waals surface area contributed by atoms with Crippen LogP contribution >= 0.6 is 0 Å². The van der Waals surface area contributed by atoms with Crippen LogP contribution in [0.25, 0.3) is 0 Å². The molecular formula is C27H36N4O2. The maximum absolute atomic E-state index is 13.3. The maximum Gasteiger partial charge on any atom is 0.229 e. The van der Waals surface area contributed by atoms with Crippen LogP contribution in [0.5, 0.6) is 0 Å². The lowest BCUT2D eigenvalue weighted by molar-refractivity contribution is -0.139. The summed E-state index contributed by atoms with van der Waals surface area (Å²) in [5.74, 6) is 0.382. The first-order valence-electron chi connectivity index (χ1n) is 12.2. The Labute approximate surface area is 197 Å². The summed E-state index contributed by atoms with van der Waals surface area (Å²) in [6.07, 6.45) is 7.26. The van der Waals surface area contributed by atoms with Gasteiger partial charge >= 0.3 is 0 Å². The van der Waals surface area contributed by atoms with Crippen LogP contribution < -0.4 is 5.32 Å². The average molecular weight is 449 g/mol. The molecule has 4 rings (SSSR count). The zero-order chi connectivity index (χ0) is 23.3. The van der Waals surface area contributed by atoms with Crippen LogP contribution in [0.3, 0.4) is 0 Å². The number of benzene rings is 1. The molecule has 2 aliphatic heterocycles. The van der Waals surface area contributed by atoms with Gasteiger partial charge in [-0.25, -0.2) is 0 Å². The highest BCUT2D eigenvalue weighted by atomic mass is 16.2. The summed E-state index contributed by atoms with van der Waals surface area (Å²) in [6.45, 7) is 8.18. The second-order valence-corrected chi connectivity index (χ2v) is 9.87. The molecule has 0 bridgehead atoms. The first kappa shape index (κ1) is 23.4. The molecule has 1 aromatic heterocycles. The van der Waals surface area contributed by atoms with E-state index in [0.29, 0.717) is 12.5 Å². The molecule has 1 spiro atoms. The normalized spacial score (nSPS) is 19.2. The molecule has 2 aromatic rings. The minimum absolute atomic E-state index is 0.0148. The number of hydrogen-bond donors (Lipinski definition) is 1. The number of likely N-dealkylation sites (tertiary alicyclic amines) is 2. The third kappa shape index (κ3) is 5.61. The van der Waals surface area contributed by atoms with Gasteiger partial charge in [-0.1, -0.05) is 44.2 Å². The second-order valence-electron chi connectivity index (χ2n) is 9.87. The fraction of sp³-hybridized carbons (Fsp3) is 0.519. The van der Waals surface area contributed by atoms with Crippen LogP contribution in [-0.2, 0) is 16.1 Å². The summed E-state index contributed by atoms with van der Waals surface area (Å²) in [6, 6.07) is 14.2. The van der Waals surface area contributed by atoms with Gasteiger partial charge in [-0.2, -0.15) is 0 Å². The van der Waals surface area contributed by atoms with Gasteiger partial charge in [0, 0.05) is 37.9 Å². The van der Waals surface area contributed by atoms with Crippen molar-refractivity contribution in [3.63, 3.8) is 0 Å². The smallest absolute Gasteiger partial charge is 0.229 e. The Bertz CT molecular complexity index is 924. The van der Waals surface area contributed by atoms with Gasteiger partial charge in [-0.15, -0.1) is 0 Å². The Morgan fingerprint density at radius 3 is 2.36 bits per heavy atom. The number of amides is 2. The number of aromatic nitrogens is 1. The van der Waals surface area contributed by atoms with E-state index in [1.165, 1.54) is 0 Å². The minimum atomic E-state index is -0.186. The van der Waals surface area contributed by atoms with Gasteiger partial charge in [0.2, 0.25) is 11.8 Å². The van der Waals surface area contributed by atoms with E-state index in [1.807, 2.05) is 49.1 Å². The van der Waals surface area contributed by atoms with Gasteiger partial charge in [0.05, 0.1) is 11.5 Å². The van der Waals surface area contributed by atoms with Crippen LogP contribution in [0.4, 0.5) is 0 Å². The summed E-state index contributed by atoms with van der Waals surface area (Å²) in [4.78, 5) is 34.2. The minimum Gasteiger partial charge on any atom is -0.349 e. The Hall–Kier alpha value is -2.73. The summed E-state index contributed by atoms with van der Waals surface area (Å²) >= 11 is 0. The van der Waals surface area contributed by atoms with Crippen molar-refractivity contribution in [3.8, 4) is 0 Å². The molecule has 3 heterocycles. The van der Waals surface area contributed by atoms with E-state index >= 15 is 0 Å². The predicted octanol–water partition coefficient (Wildman–Crippen LogP) is 3.80. The quantitative estimate of drug-likeness (QED) is 0.667. The third-order valence-electron chi connectivity index (χ3n) is 7.31. The van der Waals surface area contributed by atoms with Gasteiger partial charge in [-0.05, 0) is 62.0 Å². The van der Waals surface area contributed by atoms with E-state index in [1.54, 1.807) is 12.4 Å². The number of nitrogens with one attached hydrogen (secondary N) is 1. The molecule has 33 heavy (non-hydrogen) atoms. The molecular weight excluding hydrogens is 412 g/mol. The zero-order valence-corrected chi connectivity index (χ0v) is 19.9. The van der Waals surface area contributed by atoms with Crippen molar-refractivity contribution in [2.75, 3.05) is 26.2 Å². The number of piperidine rings is 1. The van der Waals surface area contributed by atoms with Crippen molar-refractivity contribution in [3.05, 3.63) is 66.0 Å². The van der Waals surface area contributed by atoms with Crippen molar-refractivity contribution in [1.82, 2.24) is 20.1 Å². The number of pyridine rings is 1. The molecule has 1 atom stereocenters. The van der Waals surface area contributed by atoms with Gasteiger partial charge in [0.25, 0.3) is 0 Å². The van der Waals surface area contributed by atoms with Gasteiger partial charge < -0.3 is 15.1 Å². The summed E-state index contributed by atoms with van der Waals surface area (Å²) in [7, 11) is 0. The lowest BCUT2D eigenvalue weighted by atomic mass is 9.77. The molecule has 6 heteroatoms. The largest absolute Gasteiger partial charge is 0.349 e. The SMILES string of the molecule is CC(C)C(=O)N[C@@H](CCN1CCC2(CC1)CCN(Cc1ccncc1)C2=O)c1ccccc1. The molecule has 0 saturated carbocycles. The van der Waals surface area contributed by atoms with Gasteiger partial charge in [-0.3, -0.25) is 14.6 Å². The number of rotatable bonds is 8. The first-order valence-corrected chi connectivity index (χ1v) is 12.2. The molecule has 2 fully saturated rings. The lowest BCUT2D eigenvalue weighted by Gasteiger charge is -2.38.